The van der Waals surface area contributed by atoms with Crippen LogP contribution < -0.4 is 5.32 Å². The summed E-state index contributed by atoms with van der Waals surface area (Å²) in [5.41, 5.74) is 0. The smallest absolute Gasteiger partial charge is 0.456 e. The summed E-state index contributed by atoms with van der Waals surface area (Å²) in [4.78, 5) is 37.7. The lowest BCUT2D eigenvalue weighted by molar-refractivity contribution is -0.870. The fourth-order valence-corrected chi connectivity index (χ4v) is 9.71. The first-order valence-corrected chi connectivity index (χ1v) is 32.5. The lowest BCUT2D eigenvalue weighted by Gasteiger charge is -2.27. The van der Waals surface area contributed by atoms with Crippen molar-refractivity contribution in [2.24, 2.45) is 0 Å². The van der Waals surface area contributed by atoms with E-state index in [1.807, 2.05) is 33.3 Å². The highest BCUT2D eigenvalue weighted by atomic mass is 31.2. The van der Waals surface area contributed by atoms with Crippen molar-refractivity contribution >= 4 is 19.7 Å². The molecule has 1 amide bonds. The summed E-state index contributed by atoms with van der Waals surface area (Å²) in [6.07, 6.45) is 65.4. The fourth-order valence-electron chi connectivity index (χ4n) is 8.97. The Kier molecular flexibility index (Phi) is 51.9. The van der Waals surface area contributed by atoms with Gasteiger partial charge in [-0.25, -0.2) is 4.57 Å². The number of esters is 1. The zero-order valence-corrected chi connectivity index (χ0v) is 49.8. The van der Waals surface area contributed by atoms with Crippen molar-refractivity contribution < 1.29 is 37.3 Å². The molecular formula is C63H120N2O7P+. The van der Waals surface area contributed by atoms with Crippen LogP contribution in [0.25, 0.3) is 0 Å². The Morgan fingerprint density at radius 3 is 1.32 bits per heavy atom. The van der Waals surface area contributed by atoms with Crippen LogP contribution in [0.4, 0.5) is 0 Å². The van der Waals surface area contributed by atoms with Gasteiger partial charge in [0.2, 0.25) is 5.91 Å². The summed E-state index contributed by atoms with van der Waals surface area (Å²) in [6, 6.07) is -0.851. The SMILES string of the molecule is CC/C=C/C/C=C/CCCCCCCCCC(=O)NC(COP(=O)(O)OCC[N+](C)(C)C)C(/C=C\CCCCCCCCCCCC)OC(=O)CCCCCCCCCCCCC/C=C/CCCCCCCC. The first-order chi connectivity index (χ1) is 35.4. The third-order valence-corrected chi connectivity index (χ3v) is 14.7. The second kappa shape index (κ2) is 53.4. The Morgan fingerprint density at radius 1 is 0.493 bits per heavy atom. The standard InChI is InChI=1S/C63H119N2O7P/c1-7-10-13-16-19-22-25-28-30-31-32-33-34-35-36-38-41-44-47-50-53-56-63(67)72-61(54-51-48-45-42-39-27-24-21-18-15-12-9-3)60(59-71-73(68,69)70-58-57-65(4,5)6)64-62(66)55-52-49-46-43-40-37-29-26-23-20-17-14-11-8-2/h11,14,20,23,28,30,51,54,60-61H,7-10,12-13,15-19,21-22,24-27,29,31-50,52-53,55-59H2,1-6H3,(H-,64,66,68,69)/p+1/b14-11+,23-20+,30-28+,54-51-. The van der Waals surface area contributed by atoms with E-state index in [4.69, 9.17) is 13.8 Å². The Morgan fingerprint density at radius 2 is 0.877 bits per heavy atom. The molecule has 0 saturated heterocycles. The minimum Gasteiger partial charge on any atom is -0.456 e. The summed E-state index contributed by atoms with van der Waals surface area (Å²) in [5, 5.41) is 3.05. The number of rotatable bonds is 56. The van der Waals surface area contributed by atoms with E-state index in [1.54, 1.807) is 0 Å². The van der Waals surface area contributed by atoms with Crippen molar-refractivity contribution in [2.45, 2.75) is 303 Å². The molecule has 0 aromatic carbocycles. The minimum atomic E-state index is -4.45. The second-order valence-corrected chi connectivity index (χ2v) is 23.6. The van der Waals surface area contributed by atoms with E-state index in [0.717, 1.165) is 83.5 Å². The zero-order chi connectivity index (χ0) is 53.6. The van der Waals surface area contributed by atoms with Crippen LogP contribution >= 0.6 is 7.82 Å². The van der Waals surface area contributed by atoms with Crippen molar-refractivity contribution in [1.29, 1.82) is 0 Å². The molecule has 0 radical (unpaired) electrons. The van der Waals surface area contributed by atoms with Gasteiger partial charge >= 0.3 is 13.8 Å². The monoisotopic (exact) mass is 1050 g/mol. The number of allylic oxidation sites excluding steroid dienone is 7. The van der Waals surface area contributed by atoms with Gasteiger partial charge in [0.25, 0.3) is 0 Å². The van der Waals surface area contributed by atoms with E-state index >= 15 is 0 Å². The van der Waals surface area contributed by atoms with Crippen molar-refractivity contribution in [3.63, 3.8) is 0 Å². The number of ether oxygens (including phenoxy) is 1. The molecule has 0 aliphatic rings. The molecule has 0 bridgehead atoms. The Labute approximate surface area is 452 Å². The van der Waals surface area contributed by atoms with Crippen LogP contribution in [0.15, 0.2) is 48.6 Å². The van der Waals surface area contributed by atoms with E-state index in [2.05, 4.69) is 62.5 Å². The zero-order valence-electron chi connectivity index (χ0n) is 48.9. The number of quaternary nitrogens is 1. The molecule has 3 unspecified atom stereocenters. The molecule has 0 heterocycles. The highest BCUT2D eigenvalue weighted by molar-refractivity contribution is 7.47. The molecule has 428 valence electrons. The lowest BCUT2D eigenvalue weighted by atomic mass is 10.0. The maximum atomic E-state index is 13.5. The predicted molar refractivity (Wildman–Crippen MR) is 314 cm³/mol. The number of hydrogen-bond acceptors (Lipinski definition) is 6. The molecule has 10 heteroatoms. The fraction of sp³-hybridized carbons (Fsp3) is 0.841. The van der Waals surface area contributed by atoms with Crippen LogP contribution in [0.1, 0.15) is 290 Å². The molecule has 3 atom stereocenters. The van der Waals surface area contributed by atoms with E-state index in [-0.39, 0.29) is 25.1 Å². The van der Waals surface area contributed by atoms with E-state index in [1.165, 1.54) is 173 Å². The van der Waals surface area contributed by atoms with Crippen LogP contribution in [0.2, 0.25) is 0 Å². The number of nitrogens with zero attached hydrogens (tertiary/aromatic N) is 1. The van der Waals surface area contributed by atoms with Gasteiger partial charge in [-0.2, -0.15) is 0 Å². The van der Waals surface area contributed by atoms with Crippen LogP contribution in [0.3, 0.4) is 0 Å². The Hall–Kier alpha value is -2.03. The van der Waals surface area contributed by atoms with Crippen molar-refractivity contribution in [3.8, 4) is 0 Å². The van der Waals surface area contributed by atoms with Crippen molar-refractivity contribution in [3.05, 3.63) is 48.6 Å². The highest BCUT2D eigenvalue weighted by Crippen LogP contribution is 2.43. The number of carbonyl (C=O) groups is 2. The lowest BCUT2D eigenvalue weighted by Crippen LogP contribution is -2.47. The topological polar surface area (TPSA) is 111 Å². The van der Waals surface area contributed by atoms with Gasteiger partial charge in [0.1, 0.15) is 19.3 Å². The number of nitrogens with one attached hydrogen (secondary N) is 1. The molecule has 0 aromatic rings. The average Bonchev–Trinajstić information content (AvgIpc) is 3.35. The van der Waals surface area contributed by atoms with E-state index < -0.39 is 20.0 Å². The third-order valence-electron chi connectivity index (χ3n) is 13.8. The van der Waals surface area contributed by atoms with Gasteiger partial charge in [-0.15, -0.1) is 0 Å². The number of phosphoric acid groups is 1. The van der Waals surface area contributed by atoms with Crippen molar-refractivity contribution in [1.82, 2.24) is 5.32 Å². The molecule has 0 aromatic heterocycles. The van der Waals surface area contributed by atoms with Crippen molar-refractivity contribution in [2.75, 3.05) is 40.9 Å². The minimum absolute atomic E-state index is 0.0388. The largest absolute Gasteiger partial charge is 0.472 e. The maximum Gasteiger partial charge on any atom is 0.472 e. The number of amides is 1. The third kappa shape index (κ3) is 54.6. The van der Waals surface area contributed by atoms with Gasteiger partial charge in [0.05, 0.1) is 33.8 Å². The number of carbonyl (C=O) groups excluding carboxylic acids is 2. The maximum absolute atomic E-state index is 13.5. The van der Waals surface area contributed by atoms with Gasteiger partial charge in [0.15, 0.2) is 0 Å². The Bertz CT molecular complexity index is 1390. The second-order valence-electron chi connectivity index (χ2n) is 22.2. The summed E-state index contributed by atoms with van der Waals surface area (Å²) >= 11 is 0. The molecule has 2 N–H and O–H groups in total. The average molecular weight is 1050 g/mol. The molecule has 0 aliphatic heterocycles. The van der Waals surface area contributed by atoms with Crippen LogP contribution in [0, 0.1) is 0 Å². The van der Waals surface area contributed by atoms with Gasteiger partial charge in [-0.3, -0.25) is 18.6 Å². The van der Waals surface area contributed by atoms with Crippen LogP contribution in [-0.2, 0) is 27.9 Å². The van der Waals surface area contributed by atoms with Gasteiger partial charge in [-0.1, -0.05) is 243 Å². The van der Waals surface area contributed by atoms with Gasteiger partial charge in [-0.05, 0) is 83.1 Å². The number of hydrogen-bond donors (Lipinski definition) is 2. The molecule has 9 nitrogen and oxygen atoms in total. The molecule has 0 spiro atoms. The molecule has 0 aliphatic carbocycles. The summed E-state index contributed by atoms with van der Waals surface area (Å²) in [7, 11) is 1.49. The number of likely N-dealkylation sites (N-methyl/N-ethyl adjacent to an activating group) is 1. The molecule has 0 fully saturated rings. The molecule has 0 rings (SSSR count). The molecule has 0 saturated carbocycles. The Balaban J connectivity index is 5.20. The van der Waals surface area contributed by atoms with Gasteiger partial charge in [0, 0.05) is 12.8 Å². The van der Waals surface area contributed by atoms with Crippen LogP contribution in [-0.4, -0.2) is 74.3 Å². The normalized spacial score (nSPS) is 14.0. The van der Waals surface area contributed by atoms with Gasteiger partial charge < -0.3 is 19.4 Å². The molecular weight excluding hydrogens is 928 g/mol. The summed E-state index contributed by atoms with van der Waals surface area (Å²) in [5.74, 6) is -0.508. The first-order valence-electron chi connectivity index (χ1n) is 31.0. The molecule has 73 heavy (non-hydrogen) atoms. The van der Waals surface area contributed by atoms with E-state index in [9.17, 15) is 19.0 Å². The highest BCUT2D eigenvalue weighted by Gasteiger charge is 2.30. The summed E-state index contributed by atoms with van der Waals surface area (Å²) in [6.45, 7) is 6.92. The van der Waals surface area contributed by atoms with E-state index in [0.29, 0.717) is 23.9 Å². The van der Waals surface area contributed by atoms with Crippen LogP contribution in [0.5, 0.6) is 0 Å². The quantitative estimate of drug-likeness (QED) is 0.0205. The summed E-state index contributed by atoms with van der Waals surface area (Å²) < 4.78 is 30.7. The number of unbranched alkanes of at least 4 members (excludes halogenated alkanes) is 34. The first kappa shape index (κ1) is 71.0. The number of phosphoric ester groups is 1. The predicted octanol–water partition coefficient (Wildman–Crippen LogP) is 18.9.